The van der Waals surface area contributed by atoms with Gasteiger partial charge in [-0.25, -0.2) is 9.78 Å². The van der Waals surface area contributed by atoms with E-state index < -0.39 is 23.3 Å². The van der Waals surface area contributed by atoms with Gasteiger partial charge in [0.15, 0.2) is 6.61 Å². The summed E-state index contributed by atoms with van der Waals surface area (Å²) in [4.78, 5) is 40.6. The molecule has 2 aromatic carbocycles. The predicted molar refractivity (Wildman–Crippen MR) is 122 cm³/mol. The molecule has 9 heteroatoms. The number of aromatic nitrogens is 1. The van der Waals surface area contributed by atoms with Crippen LogP contribution in [0.4, 0.5) is 11.4 Å². The summed E-state index contributed by atoms with van der Waals surface area (Å²) in [5, 5.41) is 11.5. The molecule has 4 rings (SSSR count). The van der Waals surface area contributed by atoms with Gasteiger partial charge in [-0.3, -0.25) is 14.9 Å². The van der Waals surface area contributed by atoms with Crippen LogP contribution in [-0.2, 0) is 4.74 Å². The van der Waals surface area contributed by atoms with Crippen LogP contribution in [0.3, 0.4) is 0 Å². The lowest BCUT2D eigenvalue weighted by atomic mass is 10.1. The van der Waals surface area contributed by atoms with Gasteiger partial charge in [-0.15, -0.1) is 11.3 Å². The molecule has 2 heterocycles. The molecule has 4 aromatic rings. The molecule has 160 valence electrons. The topological polar surface area (TPSA) is 125 Å². The quantitative estimate of drug-likeness (QED) is 0.195. The Hall–Kier alpha value is -4.11. The standard InChI is InChI=1S/C23H17N3O5S/c1-13-10-17-19(24)21(32-22(17)25-20(13)14-6-3-2-4-7-14)23(28)31-12-18(27)15-8-5-9-16(11-15)26(29)30/h2-11H,12,24H2,1H3. The summed E-state index contributed by atoms with van der Waals surface area (Å²) in [5.41, 5.74) is 8.94. The van der Waals surface area contributed by atoms with Crippen LogP contribution < -0.4 is 5.73 Å². The number of benzene rings is 2. The Balaban J connectivity index is 1.56. The first kappa shape index (κ1) is 21.1. The molecule has 2 N–H and O–H groups in total. The number of aryl methyl sites for hydroxylation is 1. The largest absolute Gasteiger partial charge is 0.453 e. The molecule has 0 fully saturated rings. The zero-order valence-corrected chi connectivity index (χ0v) is 17.7. The first-order valence-electron chi connectivity index (χ1n) is 9.55. The van der Waals surface area contributed by atoms with E-state index >= 15 is 0 Å². The molecule has 0 unspecified atom stereocenters. The van der Waals surface area contributed by atoms with Gasteiger partial charge in [0.1, 0.15) is 9.71 Å². The molecule has 0 aliphatic rings. The number of thiophene rings is 1. The molecule has 32 heavy (non-hydrogen) atoms. The lowest BCUT2D eigenvalue weighted by molar-refractivity contribution is -0.384. The van der Waals surface area contributed by atoms with Gasteiger partial charge in [-0.1, -0.05) is 42.5 Å². The van der Waals surface area contributed by atoms with E-state index in [0.29, 0.717) is 10.2 Å². The van der Waals surface area contributed by atoms with Gasteiger partial charge in [0, 0.05) is 28.6 Å². The van der Waals surface area contributed by atoms with E-state index in [9.17, 15) is 19.7 Å². The number of fused-ring (bicyclic) bond motifs is 1. The third-order valence-corrected chi connectivity index (χ3v) is 5.95. The van der Waals surface area contributed by atoms with E-state index in [4.69, 9.17) is 10.5 Å². The monoisotopic (exact) mass is 447 g/mol. The van der Waals surface area contributed by atoms with E-state index in [2.05, 4.69) is 4.98 Å². The number of Topliss-reactive ketones (excluding diaryl/α,β-unsaturated/α-hetero) is 1. The molecule has 0 bridgehead atoms. The number of ketones is 1. The Morgan fingerprint density at radius 2 is 1.88 bits per heavy atom. The number of non-ortho nitro benzene ring substituents is 1. The lowest BCUT2D eigenvalue weighted by Gasteiger charge is -2.05. The third-order valence-electron chi connectivity index (χ3n) is 4.86. The SMILES string of the molecule is Cc1cc2c(N)c(C(=O)OCC(=O)c3cccc([N+](=O)[O-])c3)sc2nc1-c1ccccc1. The average molecular weight is 447 g/mol. The van der Waals surface area contributed by atoms with Gasteiger partial charge in [-0.2, -0.15) is 0 Å². The normalized spacial score (nSPS) is 10.8. The minimum Gasteiger partial charge on any atom is -0.453 e. The molecule has 0 spiro atoms. The smallest absolute Gasteiger partial charge is 0.350 e. The number of nitrogens with two attached hydrogens (primary N) is 1. The van der Waals surface area contributed by atoms with Crippen molar-refractivity contribution in [2.75, 3.05) is 12.3 Å². The zero-order valence-electron chi connectivity index (χ0n) is 16.9. The van der Waals surface area contributed by atoms with Crippen LogP contribution in [0.2, 0.25) is 0 Å². The van der Waals surface area contributed by atoms with Crippen LogP contribution in [-0.4, -0.2) is 28.3 Å². The Bertz CT molecular complexity index is 1370. The van der Waals surface area contributed by atoms with Gasteiger partial charge in [0.25, 0.3) is 5.69 Å². The number of hydrogen-bond donors (Lipinski definition) is 1. The number of rotatable bonds is 6. The van der Waals surface area contributed by atoms with Crippen molar-refractivity contribution in [1.82, 2.24) is 4.98 Å². The maximum absolute atomic E-state index is 12.6. The summed E-state index contributed by atoms with van der Waals surface area (Å²) in [6.07, 6.45) is 0. The molecular formula is C23H17N3O5S. The zero-order chi connectivity index (χ0) is 22.8. The second-order valence-electron chi connectivity index (χ2n) is 7.02. The number of anilines is 1. The van der Waals surface area contributed by atoms with Crippen molar-refractivity contribution in [3.8, 4) is 11.3 Å². The molecule has 8 nitrogen and oxygen atoms in total. The number of esters is 1. The minimum atomic E-state index is -0.747. The first-order chi connectivity index (χ1) is 15.3. The van der Waals surface area contributed by atoms with E-state index in [0.717, 1.165) is 34.2 Å². The number of nitrogens with zero attached hydrogens (tertiary/aromatic N) is 2. The van der Waals surface area contributed by atoms with Crippen LogP contribution in [0.15, 0.2) is 60.7 Å². The van der Waals surface area contributed by atoms with Crippen molar-refractivity contribution in [3.05, 3.63) is 86.8 Å². The fourth-order valence-electron chi connectivity index (χ4n) is 3.25. The van der Waals surface area contributed by atoms with Gasteiger partial charge in [-0.05, 0) is 18.6 Å². The second-order valence-corrected chi connectivity index (χ2v) is 8.02. The first-order valence-corrected chi connectivity index (χ1v) is 10.4. The predicted octanol–water partition coefficient (Wildman–Crippen LogP) is 4.80. The van der Waals surface area contributed by atoms with E-state index in [1.807, 2.05) is 43.3 Å². The van der Waals surface area contributed by atoms with Crippen LogP contribution in [0.5, 0.6) is 0 Å². The molecule has 0 amide bonds. The highest BCUT2D eigenvalue weighted by Crippen LogP contribution is 2.36. The molecule has 0 aliphatic carbocycles. The maximum atomic E-state index is 12.6. The fraction of sp³-hybridized carbons (Fsp3) is 0.0870. The third kappa shape index (κ3) is 4.06. The summed E-state index contributed by atoms with van der Waals surface area (Å²) in [6, 6.07) is 16.8. The average Bonchev–Trinajstić information content (AvgIpc) is 3.12. The van der Waals surface area contributed by atoms with Crippen LogP contribution in [0, 0.1) is 17.0 Å². The summed E-state index contributed by atoms with van der Waals surface area (Å²) in [7, 11) is 0. The molecule has 0 radical (unpaired) electrons. The highest BCUT2D eigenvalue weighted by atomic mass is 32.1. The highest BCUT2D eigenvalue weighted by molar-refractivity contribution is 7.21. The molecule has 0 aliphatic heterocycles. The molecule has 0 saturated heterocycles. The summed E-state index contributed by atoms with van der Waals surface area (Å²) >= 11 is 1.09. The Labute approximate surface area is 186 Å². The summed E-state index contributed by atoms with van der Waals surface area (Å²) in [5.74, 6) is -1.30. The number of carbonyl (C=O) groups excluding carboxylic acids is 2. The number of pyridine rings is 1. The summed E-state index contributed by atoms with van der Waals surface area (Å²) in [6.45, 7) is 1.36. The van der Waals surface area contributed by atoms with Crippen molar-refractivity contribution in [3.63, 3.8) is 0 Å². The molecule has 2 aromatic heterocycles. The van der Waals surface area contributed by atoms with E-state index in [-0.39, 0.29) is 21.8 Å². The Morgan fingerprint density at radius 1 is 1.12 bits per heavy atom. The number of nitrogen functional groups attached to an aromatic ring is 1. The van der Waals surface area contributed by atoms with Crippen molar-refractivity contribution in [2.45, 2.75) is 6.92 Å². The number of ether oxygens (including phenoxy) is 1. The molecule has 0 atom stereocenters. The lowest BCUT2D eigenvalue weighted by Crippen LogP contribution is -2.14. The fourth-order valence-corrected chi connectivity index (χ4v) is 4.23. The van der Waals surface area contributed by atoms with Gasteiger partial charge < -0.3 is 10.5 Å². The van der Waals surface area contributed by atoms with Crippen LogP contribution >= 0.6 is 11.3 Å². The van der Waals surface area contributed by atoms with Crippen molar-refractivity contribution in [1.29, 1.82) is 0 Å². The van der Waals surface area contributed by atoms with Gasteiger partial charge in [0.05, 0.1) is 16.3 Å². The van der Waals surface area contributed by atoms with Crippen LogP contribution in [0.25, 0.3) is 21.5 Å². The Morgan fingerprint density at radius 3 is 2.59 bits per heavy atom. The van der Waals surface area contributed by atoms with Crippen molar-refractivity contribution >= 4 is 44.7 Å². The Kier molecular flexibility index (Phi) is 5.65. The van der Waals surface area contributed by atoms with E-state index in [1.54, 1.807) is 0 Å². The number of carbonyl (C=O) groups is 2. The second kappa shape index (κ2) is 8.56. The highest BCUT2D eigenvalue weighted by Gasteiger charge is 2.21. The minimum absolute atomic E-state index is 0.0844. The van der Waals surface area contributed by atoms with Gasteiger partial charge >= 0.3 is 5.97 Å². The molecule has 0 saturated carbocycles. The number of nitro groups is 1. The molecular weight excluding hydrogens is 430 g/mol. The van der Waals surface area contributed by atoms with Crippen molar-refractivity contribution < 1.29 is 19.2 Å². The number of nitro benzene ring substituents is 1. The van der Waals surface area contributed by atoms with Gasteiger partial charge in [0.2, 0.25) is 5.78 Å². The number of hydrogen-bond acceptors (Lipinski definition) is 8. The van der Waals surface area contributed by atoms with Crippen LogP contribution in [0.1, 0.15) is 25.6 Å². The van der Waals surface area contributed by atoms with Crippen molar-refractivity contribution in [2.24, 2.45) is 0 Å². The maximum Gasteiger partial charge on any atom is 0.350 e. The summed E-state index contributed by atoms with van der Waals surface area (Å²) < 4.78 is 5.14. The van der Waals surface area contributed by atoms with E-state index in [1.165, 1.54) is 18.2 Å².